The van der Waals surface area contributed by atoms with Crippen LogP contribution in [0, 0.1) is 0 Å². The predicted octanol–water partition coefficient (Wildman–Crippen LogP) is 2.78. The summed E-state index contributed by atoms with van der Waals surface area (Å²) < 4.78 is 49.9. The van der Waals surface area contributed by atoms with Crippen molar-refractivity contribution < 1.29 is 22.6 Å². The van der Waals surface area contributed by atoms with Crippen LogP contribution in [0.4, 0.5) is 13.2 Å². The maximum atomic E-state index is 13.0. The summed E-state index contributed by atoms with van der Waals surface area (Å²) in [5.41, 5.74) is 0.628. The lowest BCUT2D eigenvalue weighted by Crippen LogP contribution is -2.46. The number of piperazine rings is 1. The summed E-state index contributed by atoms with van der Waals surface area (Å²) in [6.07, 6.45) is -5.06. The van der Waals surface area contributed by atoms with Gasteiger partial charge in [-0.2, -0.15) is 13.2 Å². The van der Waals surface area contributed by atoms with E-state index < -0.39 is 18.6 Å². The van der Waals surface area contributed by atoms with Crippen molar-refractivity contribution in [2.45, 2.75) is 18.6 Å². The monoisotopic (exact) mass is 352 g/mol. The van der Waals surface area contributed by atoms with Crippen molar-refractivity contribution in [3.05, 3.63) is 23.8 Å². The summed E-state index contributed by atoms with van der Waals surface area (Å²) in [7, 11) is 0. The van der Waals surface area contributed by atoms with Gasteiger partial charge in [-0.15, -0.1) is 12.4 Å². The van der Waals surface area contributed by atoms with Gasteiger partial charge in [0.25, 0.3) is 0 Å². The van der Waals surface area contributed by atoms with Gasteiger partial charge < -0.3 is 14.8 Å². The summed E-state index contributed by atoms with van der Waals surface area (Å²) in [4.78, 5) is 1.88. The molecule has 0 aliphatic carbocycles. The van der Waals surface area contributed by atoms with Gasteiger partial charge in [-0.05, 0) is 17.7 Å². The van der Waals surface area contributed by atoms with E-state index in [4.69, 9.17) is 9.47 Å². The van der Waals surface area contributed by atoms with Gasteiger partial charge in [-0.25, -0.2) is 0 Å². The zero-order valence-electron chi connectivity index (χ0n) is 12.6. The van der Waals surface area contributed by atoms with E-state index in [0.717, 1.165) is 0 Å². The van der Waals surface area contributed by atoms with Crippen LogP contribution < -0.4 is 14.8 Å². The summed E-state index contributed by atoms with van der Waals surface area (Å²) in [6, 6.07) is 4.42. The molecule has 0 bridgehead atoms. The fourth-order valence-electron chi connectivity index (χ4n) is 2.94. The quantitative estimate of drug-likeness (QED) is 0.907. The number of nitrogens with one attached hydrogen (secondary N) is 1. The Morgan fingerprint density at radius 2 is 1.74 bits per heavy atom. The molecule has 0 aromatic heterocycles. The third-order valence-corrected chi connectivity index (χ3v) is 3.97. The van der Waals surface area contributed by atoms with E-state index in [1.165, 1.54) is 0 Å². The molecule has 1 N–H and O–H groups in total. The molecular weight excluding hydrogens is 333 g/mol. The highest BCUT2D eigenvalue weighted by molar-refractivity contribution is 5.85. The van der Waals surface area contributed by atoms with Crippen LogP contribution in [0.3, 0.4) is 0 Å². The number of rotatable bonds is 3. The number of ether oxygens (including phenoxy) is 2. The molecule has 23 heavy (non-hydrogen) atoms. The number of hydrogen-bond donors (Lipinski definition) is 1. The normalized spacial score (nSPS) is 19.8. The first-order chi connectivity index (χ1) is 10.5. The summed E-state index contributed by atoms with van der Waals surface area (Å²) in [5.74, 6) is 1.13. The van der Waals surface area contributed by atoms with Crippen LogP contribution in [0.2, 0.25) is 0 Å². The molecule has 0 saturated carbocycles. The second-order valence-electron chi connectivity index (χ2n) is 5.52. The SMILES string of the molecule is Cl.FC(F)(F)C[C@H](c1ccc2c(c1)OCCO2)N1CCNCC1. The van der Waals surface area contributed by atoms with Crippen LogP contribution in [0.1, 0.15) is 18.0 Å². The van der Waals surface area contributed by atoms with Gasteiger partial charge >= 0.3 is 6.18 Å². The van der Waals surface area contributed by atoms with Crippen molar-refractivity contribution in [3.8, 4) is 11.5 Å². The molecule has 1 fully saturated rings. The van der Waals surface area contributed by atoms with Crippen molar-refractivity contribution in [3.63, 3.8) is 0 Å². The minimum absolute atomic E-state index is 0. The zero-order valence-corrected chi connectivity index (χ0v) is 13.4. The molecule has 1 aromatic rings. The first-order valence-electron chi connectivity index (χ1n) is 7.44. The first kappa shape index (κ1) is 18.2. The fraction of sp³-hybridized carbons (Fsp3) is 0.600. The Hall–Kier alpha value is -1.18. The Labute approximate surface area is 139 Å². The number of benzene rings is 1. The van der Waals surface area contributed by atoms with E-state index in [2.05, 4.69) is 5.32 Å². The molecule has 0 unspecified atom stereocenters. The lowest BCUT2D eigenvalue weighted by Gasteiger charge is -2.36. The molecule has 8 heteroatoms. The van der Waals surface area contributed by atoms with Crippen LogP contribution in [-0.4, -0.2) is 50.5 Å². The number of hydrogen-bond acceptors (Lipinski definition) is 4. The smallest absolute Gasteiger partial charge is 0.390 e. The molecule has 1 saturated heterocycles. The van der Waals surface area contributed by atoms with E-state index in [9.17, 15) is 13.2 Å². The van der Waals surface area contributed by atoms with Crippen molar-refractivity contribution >= 4 is 12.4 Å². The molecule has 0 amide bonds. The van der Waals surface area contributed by atoms with Gasteiger partial charge in [0, 0.05) is 32.2 Å². The van der Waals surface area contributed by atoms with E-state index in [1.54, 1.807) is 18.2 Å². The van der Waals surface area contributed by atoms with E-state index in [-0.39, 0.29) is 12.4 Å². The molecular formula is C15H20ClF3N2O2. The van der Waals surface area contributed by atoms with Gasteiger partial charge in [0.2, 0.25) is 0 Å². The molecule has 130 valence electrons. The second kappa shape index (κ2) is 7.59. The summed E-state index contributed by atoms with van der Waals surface area (Å²) in [6.45, 7) is 3.52. The van der Waals surface area contributed by atoms with Crippen molar-refractivity contribution in [1.29, 1.82) is 0 Å². The number of halogens is 4. The molecule has 1 atom stereocenters. The highest BCUT2D eigenvalue weighted by atomic mass is 35.5. The van der Waals surface area contributed by atoms with Crippen molar-refractivity contribution in [2.24, 2.45) is 0 Å². The number of fused-ring (bicyclic) bond motifs is 1. The Bertz CT molecular complexity index is 522. The lowest BCUT2D eigenvalue weighted by atomic mass is 10.00. The maximum absolute atomic E-state index is 13.0. The highest BCUT2D eigenvalue weighted by Crippen LogP contribution is 2.38. The van der Waals surface area contributed by atoms with Gasteiger partial charge in [0.15, 0.2) is 11.5 Å². The highest BCUT2D eigenvalue weighted by Gasteiger charge is 2.36. The topological polar surface area (TPSA) is 33.7 Å². The average molecular weight is 353 g/mol. The minimum atomic E-state index is -4.21. The number of alkyl halides is 3. The van der Waals surface area contributed by atoms with Crippen LogP contribution in [0.5, 0.6) is 11.5 Å². The average Bonchev–Trinajstić information content (AvgIpc) is 2.52. The van der Waals surface area contributed by atoms with Gasteiger partial charge in [-0.1, -0.05) is 6.07 Å². The number of nitrogens with zero attached hydrogens (tertiary/aromatic N) is 1. The van der Waals surface area contributed by atoms with E-state index >= 15 is 0 Å². The molecule has 0 radical (unpaired) electrons. The predicted molar refractivity (Wildman–Crippen MR) is 82.5 cm³/mol. The Morgan fingerprint density at radius 1 is 1.09 bits per heavy atom. The van der Waals surface area contributed by atoms with Crippen LogP contribution in [0.25, 0.3) is 0 Å². The largest absolute Gasteiger partial charge is 0.486 e. The summed E-state index contributed by atoms with van der Waals surface area (Å²) in [5, 5.41) is 3.17. The Kier molecular flexibility index (Phi) is 6.00. The second-order valence-corrected chi connectivity index (χ2v) is 5.52. The molecule has 2 aliphatic rings. The molecule has 3 rings (SSSR count). The van der Waals surface area contributed by atoms with Crippen LogP contribution >= 0.6 is 12.4 Å². The van der Waals surface area contributed by atoms with Crippen LogP contribution in [-0.2, 0) is 0 Å². The third kappa shape index (κ3) is 4.65. The Morgan fingerprint density at radius 3 is 2.39 bits per heavy atom. The summed E-state index contributed by atoms with van der Waals surface area (Å²) >= 11 is 0. The van der Waals surface area contributed by atoms with E-state index in [1.807, 2.05) is 4.90 Å². The van der Waals surface area contributed by atoms with Gasteiger partial charge in [-0.3, -0.25) is 4.90 Å². The molecule has 2 aliphatic heterocycles. The molecule has 2 heterocycles. The lowest BCUT2D eigenvalue weighted by molar-refractivity contribution is -0.148. The van der Waals surface area contributed by atoms with Crippen molar-refractivity contribution in [2.75, 3.05) is 39.4 Å². The fourth-order valence-corrected chi connectivity index (χ4v) is 2.94. The minimum Gasteiger partial charge on any atom is -0.486 e. The van der Waals surface area contributed by atoms with E-state index in [0.29, 0.717) is 56.5 Å². The van der Waals surface area contributed by atoms with Crippen molar-refractivity contribution in [1.82, 2.24) is 10.2 Å². The molecule has 1 aromatic carbocycles. The van der Waals surface area contributed by atoms with Gasteiger partial charge in [0.1, 0.15) is 13.2 Å². The first-order valence-corrected chi connectivity index (χ1v) is 7.44. The standard InChI is InChI=1S/C15H19F3N2O2.ClH/c16-15(17,18)10-12(20-5-3-19-4-6-20)11-1-2-13-14(9-11)22-8-7-21-13;/h1-2,9,12,19H,3-8,10H2;1H/t12-;/m1./s1. The zero-order chi connectivity index (χ0) is 15.6. The maximum Gasteiger partial charge on any atom is 0.390 e. The third-order valence-electron chi connectivity index (χ3n) is 3.97. The van der Waals surface area contributed by atoms with Gasteiger partial charge in [0.05, 0.1) is 6.42 Å². The Balaban J connectivity index is 0.00000192. The molecule has 0 spiro atoms. The van der Waals surface area contributed by atoms with Crippen LogP contribution in [0.15, 0.2) is 18.2 Å². The molecule has 4 nitrogen and oxygen atoms in total.